The van der Waals surface area contributed by atoms with E-state index in [2.05, 4.69) is 5.32 Å². The van der Waals surface area contributed by atoms with Gasteiger partial charge in [-0.25, -0.2) is 8.42 Å². The molecule has 0 spiro atoms. The van der Waals surface area contributed by atoms with Gasteiger partial charge in [0.15, 0.2) is 5.54 Å². The maximum absolute atomic E-state index is 13.6. The molecule has 2 aliphatic rings. The summed E-state index contributed by atoms with van der Waals surface area (Å²) in [5, 5.41) is 3.23. The molecule has 0 radical (unpaired) electrons. The molecule has 7 heteroatoms. The summed E-state index contributed by atoms with van der Waals surface area (Å²) in [5.74, 6) is -0.588. The van der Waals surface area contributed by atoms with Crippen molar-refractivity contribution in [1.29, 1.82) is 0 Å². The maximum Gasteiger partial charge on any atom is 0.232 e. The van der Waals surface area contributed by atoms with Gasteiger partial charge in [0.05, 0.1) is 11.9 Å². The quantitative estimate of drug-likeness (QED) is 0.639. The second-order valence-electron chi connectivity index (χ2n) is 7.87. The fourth-order valence-electron chi connectivity index (χ4n) is 4.53. The molecule has 0 unspecified atom stereocenters. The van der Waals surface area contributed by atoms with Crippen LogP contribution in [0.2, 0.25) is 0 Å². The largest absolute Gasteiger partial charge is 0.363 e. The van der Waals surface area contributed by atoms with Crippen molar-refractivity contribution in [3.8, 4) is 0 Å². The zero-order valence-electron chi connectivity index (χ0n) is 16.8. The first kappa shape index (κ1) is 19.5. The van der Waals surface area contributed by atoms with Crippen molar-refractivity contribution in [2.75, 3.05) is 22.4 Å². The van der Waals surface area contributed by atoms with Crippen LogP contribution < -0.4 is 9.62 Å². The zero-order chi connectivity index (χ0) is 21.8. The number of carbonyl (C=O) groups is 2. The summed E-state index contributed by atoms with van der Waals surface area (Å²) in [6.45, 7) is 0.380. The predicted molar refractivity (Wildman–Crippen MR) is 119 cm³/mol. The Morgan fingerprint density at radius 3 is 2.10 bits per heavy atom. The Balaban J connectivity index is 1.62. The molecule has 0 fully saturated rings. The van der Waals surface area contributed by atoms with Gasteiger partial charge in [0.2, 0.25) is 21.6 Å². The SMILES string of the molecule is CS(=O)(=O)N1CCc2cc(NC3(c4ccccc4)C(=O)c4ccccc4C3=O)ccc21. The molecule has 0 amide bonds. The van der Waals surface area contributed by atoms with E-state index in [-0.39, 0.29) is 11.6 Å². The Bertz CT molecular complexity index is 1300. The molecular weight excluding hydrogens is 412 g/mol. The third-order valence-electron chi connectivity index (χ3n) is 5.97. The number of fused-ring (bicyclic) bond motifs is 2. The smallest absolute Gasteiger partial charge is 0.232 e. The average molecular weight is 433 g/mol. The summed E-state index contributed by atoms with van der Waals surface area (Å²) in [6, 6.07) is 21.1. The number of hydrogen-bond acceptors (Lipinski definition) is 5. The van der Waals surface area contributed by atoms with Gasteiger partial charge in [-0.3, -0.25) is 13.9 Å². The Morgan fingerprint density at radius 2 is 1.48 bits per heavy atom. The number of anilines is 2. The van der Waals surface area contributed by atoms with Crippen molar-refractivity contribution < 1.29 is 18.0 Å². The normalized spacial score (nSPS) is 16.9. The number of rotatable bonds is 4. The van der Waals surface area contributed by atoms with Crippen LogP contribution in [0.15, 0.2) is 72.8 Å². The molecule has 156 valence electrons. The molecule has 1 heterocycles. The third-order valence-corrected chi connectivity index (χ3v) is 7.15. The highest BCUT2D eigenvalue weighted by Gasteiger charge is 2.54. The van der Waals surface area contributed by atoms with Gasteiger partial charge in [-0.15, -0.1) is 0 Å². The van der Waals surface area contributed by atoms with Crippen LogP contribution in [0.25, 0.3) is 0 Å². The molecule has 3 aromatic rings. The third kappa shape index (κ3) is 2.88. The summed E-state index contributed by atoms with van der Waals surface area (Å²) < 4.78 is 25.4. The van der Waals surface area contributed by atoms with Crippen LogP contribution in [0.3, 0.4) is 0 Å². The van der Waals surface area contributed by atoms with Crippen molar-refractivity contribution in [3.63, 3.8) is 0 Å². The highest BCUT2D eigenvalue weighted by molar-refractivity contribution is 7.92. The molecule has 6 nitrogen and oxygen atoms in total. The summed E-state index contributed by atoms with van der Waals surface area (Å²) >= 11 is 0. The molecule has 0 saturated carbocycles. The Labute approximate surface area is 180 Å². The first-order valence-corrected chi connectivity index (χ1v) is 11.8. The molecule has 1 aliphatic heterocycles. The second kappa shape index (κ2) is 6.78. The van der Waals surface area contributed by atoms with Gasteiger partial charge in [0.25, 0.3) is 0 Å². The van der Waals surface area contributed by atoms with Gasteiger partial charge in [-0.1, -0.05) is 54.6 Å². The molecule has 5 rings (SSSR count). The van der Waals surface area contributed by atoms with E-state index in [9.17, 15) is 18.0 Å². The van der Waals surface area contributed by atoms with E-state index in [0.717, 1.165) is 5.56 Å². The van der Waals surface area contributed by atoms with Gasteiger partial charge < -0.3 is 5.32 Å². The standard InChI is InChI=1S/C24H20N2O4S/c1-31(29,30)26-14-13-16-15-18(11-12-21(16)26)25-24(17-7-3-2-4-8-17)22(27)19-9-5-6-10-20(19)23(24)28/h2-12,15,25H,13-14H2,1H3. The van der Waals surface area contributed by atoms with Crippen LogP contribution in [0, 0.1) is 0 Å². The molecule has 0 saturated heterocycles. The molecular formula is C24H20N2O4S. The van der Waals surface area contributed by atoms with Crippen molar-refractivity contribution in [2.24, 2.45) is 0 Å². The molecule has 0 bridgehead atoms. The number of benzene rings is 3. The Morgan fingerprint density at radius 1 is 0.871 bits per heavy atom. The predicted octanol–water partition coefficient (Wildman–Crippen LogP) is 3.40. The number of nitrogens with one attached hydrogen (secondary N) is 1. The van der Waals surface area contributed by atoms with Gasteiger partial charge >= 0.3 is 0 Å². The van der Waals surface area contributed by atoms with E-state index in [0.29, 0.717) is 41.0 Å². The number of carbonyl (C=O) groups excluding carboxylic acids is 2. The minimum atomic E-state index is -3.36. The lowest BCUT2D eigenvalue weighted by atomic mass is 9.84. The molecule has 1 aliphatic carbocycles. The lowest BCUT2D eigenvalue weighted by Crippen LogP contribution is -2.46. The highest BCUT2D eigenvalue weighted by Crippen LogP contribution is 2.41. The summed E-state index contributed by atoms with van der Waals surface area (Å²) in [5.41, 5.74) is 1.88. The number of ketones is 2. The maximum atomic E-state index is 13.6. The summed E-state index contributed by atoms with van der Waals surface area (Å²) in [6.07, 6.45) is 1.75. The fraction of sp³-hybridized carbons (Fsp3) is 0.167. The van der Waals surface area contributed by atoms with E-state index < -0.39 is 15.6 Å². The van der Waals surface area contributed by atoms with Crippen molar-refractivity contribution in [1.82, 2.24) is 0 Å². The fourth-order valence-corrected chi connectivity index (χ4v) is 5.49. The number of nitrogens with zero attached hydrogens (tertiary/aromatic N) is 1. The van der Waals surface area contributed by atoms with E-state index in [1.54, 1.807) is 60.7 Å². The van der Waals surface area contributed by atoms with Crippen molar-refractivity contribution >= 4 is 33.0 Å². The average Bonchev–Trinajstić information content (AvgIpc) is 3.29. The molecule has 1 N–H and O–H groups in total. The van der Waals surface area contributed by atoms with E-state index in [1.807, 2.05) is 12.1 Å². The lowest BCUT2D eigenvalue weighted by molar-refractivity contribution is 0.0818. The molecule has 3 aromatic carbocycles. The molecule has 0 atom stereocenters. The zero-order valence-corrected chi connectivity index (χ0v) is 17.6. The first-order chi connectivity index (χ1) is 14.8. The van der Waals surface area contributed by atoms with Crippen LogP contribution >= 0.6 is 0 Å². The van der Waals surface area contributed by atoms with Crippen LogP contribution in [0.1, 0.15) is 31.8 Å². The summed E-state index contributed by atoms with van der Waals surface area (Å²) in [7, 11) is -3.36. The van der Waals surface area contributed by atoms with Crippen molar-refractivity contribution in [2.45, 2.75) is 12.0 Å². The van der Waals surface area contributed by atoms with Gasteiger partial charge in [-0.05, 0) is 35.7 Å². The Kier molecular flexibility index (Phi) is 4.27. The Hall–Kier alpha value is -3.45. The monoisotopic (exact) mass is 432 g/mol. The second-order valence-corrected chi connectivity index (χ2v) is 9.78. The van der Waals surface area contributed by atoms with Gasteiger partial charge in [0.1, 0.15) is 0 Å². The van der Waals surface area contributed by atoms with Crippen LogP contribution in [-0.4, -0.2) is 32.8 Å². The number of sulfonamides is 1. The molecule has 31 heavy (non-hydrogen) atoms. The molecule has 0 aromatic heterocycles. The van der Waals surface area contributed by atoms with Crippen molar-refractivity contribution in [3.05, 3.63) is 95.1 Å². The first-order valence-electron chi connectivity index (χ1n) is 9.95. The van der Waals surface area contributed by atoms with Crippen LogP contribution in [-0.2, 0) is 22.0 Å². The van der Waals surface area contributed by atoms with E-state index in [4.69, 9.17) is 0 Å². The van der Waals surface area contributed by atoms with E-state index >= 15 is 0 Å². The van der Waals surface area contributed by atoms with Crippen LogP contribution in [0.4, 0.5) is 11.4 Å². The highest BCUT2D eigenvalue weighted by atomic mass is 32.2. The topological polar surface area (TPSA) is 83.6 Å². The minimum Gasteiger partial charge on any atom is -0.363 e. The number of hydrogen-bond donors (Lipinski definition) is 1. The van der Waals surface area contributed by atoms with Gasteiger partial charge in [0, 0.05) is 23.4 Å². The number of Topliss-reactive ketones (excluding diaryl/α,β-unsaturated/α-hetero) is 2. The van der Waals surface area contributed by atoms with Crippen LogP contribution in [0.5, 0.6) is 0 Å². The van der Waals surface area contributed by atoms with E-state index in [1.165, 1.54) is 10.6 Å². The summed E-state index contributed by atoms with van der Waals surface area (Å²) in [4.78, 5) is 27.2. The van der Waals surface area contributed by atoms with Gasteiger partial charge in [-0.2, -0.15) is 0 Å². The lowest BCUT2D eigenvalue weighted by Gasteiger charge is -2.29. The minimum absolute atomic E-state index is 0.294.